The lowest BCUT2D eigenvalue weighted by atomic mass is 10.1. The van der Waals surface area contributed by atoms with Crippen LogP contribution < -0.4 is 0 Å². The van der Waals surface area contributed by atoms with Gasteiger partial charge in [0.15, 0.2) is 0 Å². The monoisotopic (exact) mass is 224 g/mol. The van der Waals surface area contributed by atoms with Gasteiger partial charge in [-0.15, -0.1) is 0 Å². The van der Waals surface area contributed by atoms with E-state index in [1.54, 1.807) is 0 Å². The molecule has 0 amide bonds. The molecule has 74 valence electrons. The minimum absolute atomic E-state index is 0.301. The zero-order valence-corrected chi connectivity index (χ0v) is 9.73. The summed E-state index contributed by atoms with van der Waals surface area (Å²) in [6.07, 6.45) is 2.49. The summed E-state index contributed by atoms with van der Waals surface area (Å²) in [5.41, 5.74) is 2.88. The van der Waals surface area contributed by atoms with E-state index in [1.807, 2.05) is 11.8 Å². The zero-order valence-electron chi connectivity index (χ0n) is 8.09. The molecule has 0 aromatic carbocycles. The van der Waals surface area contributed by atoms with E-state index in [1.165, 1.54) is 24.1 Å². The van der Waals surface area contributed by atoms with Gasteiger partial charge in [-0.1, -0.05) is 19.1 Å². The van der Waals surface area contributed by atoms with E-state index in [0.29, 0.717) is 5.41 Å². The molecule has 1 aromatic rings. The molecule has 0 atom stereocenters. The number of rotatable bonds is 1. The number of nitrogens with zero attached hydrogens (tertiary/aromatic N) is 1. The molecule has 0 unspecified atom stereocenters. The van der Waals surface area contributed by atoms with Gasteiger partial charge >= 0.3 is 0 Å². The summed E-state index contributed by atoms with van der Waals surface area (Å²) in [6.45, 7) is 2.26. The molecule has 1 aliphatic carbocycles. The molecular formula is C10H12N2S2. The first-order valence-corrected chi connectivity index (χ1v) is 6.46. The normalized spacial score (nSPS) is 22.1. The molecule has 3 rings (SSSR count). The average Bonchev–Trinajstić information content (AvgIpc) is 2.75. The Balaban J connectivity index is 2.17. The van der Waals surface area contributed by atoms with E-state index in [0.717, 1.165) is 22.0 Å². The highest BCUT2D eigenvalue weighted by Gasteiger charge is 2.42. The maximum absolute atomic E-state index is 5.32. The van der Waals surface area contributed by atoms with Crippen LogP contribution in [0, 0.1) is 4.64 Å². The molecule has 4 heteroatoms. The highest BCUT2D eigenvalue weighted by atomic mass is 32.2. The number of nitrogens with one attached hydrogen (secondary N) is 1. The summed E-state index contributed by atoms with van der Waals surface area (Å²) < 4.78 is 0.826. The first kappa shape index (κ1) is 8.92. The summed E-state index contributed by atoms with van der Waals surface area (Å²) in [6, 6.07) is 0. The van der Waals surface area contributed by atoms with E-state index < -0.39 is 0 Å². The van der Waals surface area contributed by atoms with Crippen LogP contribution >= 0.6 is 24.0 Å². The van der Waals surface area contributed by atoms with Gasteiger partial charge in [-0.25, -0.2) is 4.98 Å². The molecule has 14 heavy (non-hydrogen) atoms. The van der Waals surface area contributed by atoms with Gasteiger partial charge in [-0.05, 0) is 12.8 Å². The predicted molar refractivity (Wildman–Crippen MR) is 61.0 cm³/mol. The van der Waals surface area contributed by atoms with Crippen molar-refractivity contribution in [2.75, 3.05) is 0 Å². The molecule has 1 aromatic heterocycles. The minimum Gasteiger partial charge on any atom is -0.346 e. The van der Waals surface area contributed by atoms with Gasteiger partial charge in [-0.3, -0.25) is 0 Å². The van der Waals surface area contributed by atoms with Gasteiger partial charge in [0, 0.05) is 28.2 Å². The number of H-pyrrole nitrogens is 1. The fourth-order valence-electron chi connectivity index (χ4n) is 1.78. The Kier molecular flexibility index (Phi) is 1.80. The lowest BCUT2D eigenvalue weighted by molar-refractivity contribution is 0.698. The number of aromatic amines is 1. The molecule has 0 saturated heterocycles. The molecule has 0 bridgehead atoms. The second kappa shape index (κ2) is 2.83. The van der Waals surface area contributed by atoms with Crippen LogP contribution in [-0.2, 0) is 16.9 Å². The van der Waals surface area contributed by atoms with Crippen molar-refractivity contribution in [2.24, 2.45) is 0 Å². The van der Waals surface area contributed by atoms with Gasteiger partial charge in [0.25, 0.3) is 0 Å². The third-order valence-electron chi connectivity index (χ3n) is 3.17. The second-order valence-electron chi connectivity index (χ2n) is 4.40. The molecule has 2 nitrogen and oxygen atoms in total. The first-order chi connectivity index (χ1) is 6.69. The summed E-state index contributed by atoms with van der Waals surface area (Å²) in [5.74, 6) is 3.22. The van der Waals surface area contributed by atoms with Crippen molar-refractivity contribution in [1.29, 1.82) is 0 Å². The van der Waals surface area contributed by atoms with E-state index in [4.69, 9.17) is 12.2 Å². The summed E-state index contributed by atoms with van der Waals surface area (Å²) in [4.78, 5) is 7.99. The van der Waals surface area contributed by atoms with E-state index in [2.05, 4.69) is 16.9 Å². The molecule has 1 fully saturated rings. The molecule has 1 saturated carbocycles. The highest BCUT2D eigenvalue weighted by molar-refractivity contribution is 7.98. The SMILES string of the molecule is CC1(c2nc(=S)c3c([nH]2)CSC3)CC1. The van der Waals surface area contributed by atoms with Gasteiger partial charge < -0.3 is 4.98 Å². The minimum atomic E-state index is 0.301. The Morgan fingerprint density at radius 1 is 1.43 bits per heavy atom. The fourth-order valence-corrected chi connectivity index (χ4v) is 3.23. The van der Waals surface area contributed by atoms with Crippen LogP contribution in [0.5, 0.6) is 0 Å². The van der Waals surface area contributed by atoms with Crippen molar-refractivity contribution in [2.45, 2.75) is 36.7 Å². The smallest absolute Gasteiger partial charge is 0.134 e. The number of thioether (sulfide) groups is 1. The van der Waals surface area contributed by atoms with Crippen LogP contribution in [0.3, 0.4) is 0 Å². The fraction of sp³-hybridized carbons (Fsp3) is 0.600. The summed E-state index contributed by atoms with van der Waals surface area (Å²) >= 11 is 7.24. The highest BCUT2D eigenvalue weighted by Crippen LogP contribution is 2.46. The lowest BCUT2D eigenvalue weighted by Crippen LogP contribution is -2.09. The van der Waals surface area contributed by atoms with Gasteiger partial charge in [0.2, 0.25) is 0 Å². The first-order valence-electron chi connectivity index (χ1n) is 4.89. The molecule has 2 aliphatic rings. The second-order valence-corrected chi connectivity index (χ2v) is 5.77. The van der Waals surface area contributed by atoms with E-state index in [9.17, 15) is 0 Å². The van der Waals surface area contributed by atoms with Crippen LogP contribution in [0.4, 0.5) is 0 Å². The molecule has 1 N–H and O–H groups in total. The van der Waals surface area contributed by atoms with Crippen molar-refractivity contribution >= 4 is 24.0 Å². The van der Waals surface area contributed by atoms with Crippen LogP contribution in [0.25, 0.3) is 0 Å². The van der Waals surface area contributed by atoms with Crippen molar-refractivity contribution in [3.63, 3.8) is 0 Å². The number of aromatic nitrogens is 2. The molecule has 0 spiro atoms. The maximum atomic E-state index is 5.32. The predicted octanol–water partition coefficient (Wildman–Crippen LogP) is 2.94. The van der Waals surface area contributed by atoms with Crippen LogP contribution in [0.1, 0.15) is 36.8 Å². The topological polar surface area (TPSA) is 28.7 Å². The summed E-state index contributed by atoms with van der Waals surface area (Å²) in [7, 11) is 0. The number of fused-ring (bicyclic) bond motifs is 1. The van der Waals surface area contributed by atoms with Crippen molar-refractivity contribution in [1.82, 2.24) is 9.97 Å². The van der Waals surface area contributed by atoms with Crippen LogP contribution in [0.2, 0.25) is 0 Å². The van der Waals surface area contributed by atoms with Crippen molar-refractivity contribution in [3.8, 4) is 0 Å². The van der Waals surface area contributed by atoms with Crippen molar-refractivity contribution in [3.05, 3.63) is 21.7 Å². The van der Waals surface area contributed by atoms with Crippen molar-refractivity contribution < 1.29 is 0 Å². The molecule has 1 aliphatic heterocycles. The lowest BCUT2D eigenvalue weighted by Gasteiger charge is -2.09. The Labute approximate surface area is 92.5 Å². The Bertz CT molecular complexity index is 446. The van der Waals surface area contributed by atoms with E-state index >= 15 is 0 Å². The Morgan fingerprint density at radius 3 is 2.93 bits per heavy atom. The van der Waals surface area contributed by atoms with Gasteiger partial charge in [0.1, 0.15) is 10.5 Å². The third-order valence-corrected chi connectivity index (χ3v) is 4.49. The maximum Gasteiger partial charge on any atom is 0.134 e. The Morgan fingerprint density at radius 2 is 2.21 bits per heavy atom. The van der Waals surface area contributed by atoms with Crippen LogP contribution in [-0.4, -0.2) is 9.97 Å². The molecule has 2 heterocycles. The number of hydrogen-bond donors (Lipinski definition) is 1. The van der Waals surface area contributed by atoms with Gasteiger partial charge in [-0.2, -0.15) is 11.8 Å². The zero-order chi connectivity index (χ0) is 9.76. The molecule has 0 radical (unpaired) electrons. The van der Waals surface area contributed by atoms with E-state index in [-0.39, 0.29) is 0 Å². The van der Waals surface area contributed by atoms with Crippen LogP contribution in [0.15, 0.2) is 0 Å². The molecular weight excluding hydrogens is 212 g/mol. The standard InChI is InChI=1S/C10H12N2S2/c1-10(2-3-10)9-11-7-5-14-4-6(7)8(13)12-9/h2-5H2,1H3,(H,11,12,13). The third kappa shape index (κ3) is 1.24. The summed E-state index contributed by atoms with van der Waals surface area (Å²) in [5, 5.41) is 0. The Hall–Kier alpha value is -0.350. The van der Waals surface area contributed by atoms with Gasteiger partial charge in [0.05, 0.1) is 0 Å². The largest absolute Gasteiger partial charge is 0.346 e. The number of hydrogen-bond acceptors (Lipinski definition) is 3. The quantitative estimate of drug-likeness (QED) is 0.744. The average molecular weight is 224 g/mol.